The summed E-state index contributed by atoms with van der Waals surface area (Å²) in [5.74, 6) is 0.205. The molecule has 0 aromatic carbocycles. The predicted octanol–water partition coefficient (Wildman–Crippen LogP) is 1.52. The van der Waals surface area contributed by atoms with Crippen molar-refractivity contribution in [1.29, 1.82) is 0 Å². The van der Waals surface area contributed by atoms with Crippen LogP contribution >= 0.6 is 15.9 Å². The summed E-state index contributed by atoms with van der Waals surface area (Å²) in [7, 11) is 0. The molecule has 0 radical (unpaired) electrons. The van der Waals surface area contributed by atoms with E-state index in [2.05, 4.69) is 38.3 Å². The highest BCUT2D eigenvalue weighted by Crippen LogP contribution is 2.35. The van der Waals surface area contributed by atoms with Gasteiger partial charge in [-0.05, 0) is 35.2 Å². The van der Waals surface area contributed by atoms with Crippen LogP contribution in [0.4, 0.5) is 0 Å². The first-order chi connectivity index (χ1) is 7.27. The third kappa shape index (κ3) is 1.34. The summed E-state index contributed by atoms with van der Waals surface area (Å²) >= 11 is 3.59. The summed E-state index contributed by atoms with van der Waals surface area (Å²) in [4.78, 5) is 14.1. The van der Waals surface area contributed by atoms with Gasteiger partial charge < -0.3 is 10.2 Å². The minimum Gasteiger partial charge on any atom is -0.360 e. The molecule has 0 saturated carbocycles. The molecule has 2 saturated heterocycles. The lowest BCUT2D eigenvalue weighted by atomic mass is 9.99. The van der Waals surface area contributed by atoms with Gasteiger partial charge in [0.05, 0.1) is 11.7 Å². The van der Waals surface area contributed by atoms with E-state index in [1.54, 1.807) is 0 Å². The molecule has 4 heteroatoms. The third-order valence-electron chi connectivity index (χ3n) is 3.39. The van der Waals surface area contributed by atoms with Crippen molar-refractivity contribution in [3.05, 3.63) is 22.3 Å². The summed E-state index contributed by atoms with van der Waals surface area (Å²) in [6, 6.07) is 0.265. The van der Waals surface area contributed by atoms with E-state index in [1.165, 1.54) is 5.70 Å². The van der Waals surface area contributed by atoms with Crippen molar-refractivity contribution in [1.82, 2.24) is 10.2 Å². The van der Waals surface area contributed by atoms with Gasteiger partial charge in [-0.15, -0.1) is 0 Å². The molecule has 2 aliphatic heterocycles. The van der Waals surface area contributed by atoms with Crippen LogP contribution in [0.15, 0.2) is 22.3 Å². The molecule has 80 valence electrons. The number of allylic oxidation sites excluding steroid dienone is 2. The van der Waals surface area contributed by atoms with Gasteiger partial charge in [-0.1, -0.05) is 12.2 Å². The minimum absolute atomic E-state index is 0.0790. The molecule has 1 amide bonds. The molecular weight excluding hydrogens is 256 g/mol. The number of nitrogens with zero attached hydrogens (tertiary/aromatic N) is 1. The van der Waals surface area contributed by atoms with E-state index in [0.29, 0.717) is 0 Å². The molecule has 1 aliphatic carbocycles. The maximum absolute atomic E-state index is 11.8. The van der Waals surface area contributed by atoms with Crippen molar-refractivity contribution < 1.29 is 4.79 Å². The zero-order valence-corrected chi connectivity index (χ0v) is 9.96. The molecule has 0 spiro atoms. The molecule has 0 aromatic heterocycles. The molecule has 2 fully saturated rings. The number of carbonyl (C=O) groups is 1. The fraction of sp³-hybridized carbons (Fsp3) is 0.545. The quantitative estimate of drug-likeness (QED) is 0.723. The molecule has 2 atom stereocenters. The summed E-state index contributed by atoms with van der Waals surface area (Å²) in [6.45, 7) is 1.02. The lowest BCUT2D eigenvalue weighted by Crippen LogP contribution is -2.56. The second kappa shape index (κ2) is 3.37. The van der Waals surface area contributed by atoms with Crippen LogP contribution in [0.1, 0.15) is 19.3 Å². The van der Waals surface area contributed by atoms with Crippen LogP contribution in [0.2, 0.25) is 0 Å². The highest BCUT2D eigenvalue weighted by molar-refractivity contribution is 9.11. The lowest BCUT2D eigenvalue weighted by molar-refractivity contribution is -0.127. The Morgan fingerprint density at radius 3 is 3.27 bits per heavy atom. The largest absolute Gasteiger partial charge is 0.360 e. The zero-order chi connectivity index (χ0) is 10.4. The summed E-state index contributed by atoms with van der Waals surface area (Å²) in [5, 5.41) is 3.10. The Bertz CT molecular complexity index is 375. The summed E-state index contributed by atoms with van der Waals surface area (Å²) in [6.07, 6.45) is 7.23. The van der Waals surface area contributed by atoms with Crippen molar-refractivity contribution in [2.24, 2.45) is 0 Å². The highest BCUT2D eigenvalue weighted by atomic mass is 79.9. The molecule has 3 rings (SSSR count). The number of nitrogens with one attached hydrogen (secondary N) is 1. The molecule has 0 unspecified atom stereocenters. The van der Waals surface area contributed by atoms with E-state index in [0.717, 1.165) is 30.3 Å². The number of amides is 1. The Hall–Kier alpha value is -0.770. The Balaban J connectivity index is 2.03. The number of piperazine rings is 1. The van der Waals surface area contributed by atoms with Crippen molar-refractivity contribution in [3.63, 3.8) is 0 Å². The second-order valence-electron chi connectivity index (χ2n) is 4.28. The maximum atomic E-state index is 11.8. The van der Waals surface area contributed by atoms with E-state index >= 15 is 0 Å². The average molecular weight is 269 g/mol. The highest BCUT2D eigenvalue weighted by Gasteiger charge is 2.41. The van der Waals surface area contributed by atoms with E-state index in [-0.39, 0.29) is 18.0 Å². The Morgan fingerprint density at radius 2 is 2.40 bits per heavy atom. The topological polar surface area (TPSA) is 32.3 Å². The Morgan fingerprint density at radius 1 is 1.53 bits per heavy atom. The van der Waals surface area contributed by atoms with Crippen molar-refractivity contribution in [2.75, 3.05) is 6.54 Å². The molecule has 3 aliphatic rings. The number of hydrogen-bond acceptors (Lipinski definition) is 2. The lowest BCUT2D eigenvalue weighted by Gasteiger charge is -2.40. The molecule has 3 nitrogen and oxygen atoms in total. The Kier molecular flexibility index (Phi) is 2.12. The molecule has 2 heterocycles. The first-order valence-electron chi connectivity index (χ1n) is 5.40. The SMILES string of the molecule is O=C1N[C@H]2CC=CC(Br)=C2N2CCC[C@H]12. The first kappa shape index (κ1) is 9.46. The van der Waals surface area contributed by atoms with Crippen molar-refractivity contribution >= 4 is 21.8 Å². The van der Waals surface area contributed by atoms with Gasteiger partial charge in [0.2, 0.25) is 5.91 Å². The van der Waals surface area contributed by atoms with E-state index in [1.807, 2.05) is 0 Å². The Labute approximate surface area is 97.3 Å². The predicted molar refractivity (Wildman–Crippen MR) is 61.4 cm³/mol. The minimum atomic E-state index is 0.0790. The van der Waals surface area contributed by atoms with Crippen LogP contribution in [0, 0.1) is 0 Å². The maximum Gasteiger partial charge on any atom is 0.243 e. The molecule has 0 bridgehead atoms. The normalized spacial score (nSPS) is 33.9. The van der Waals surface area contributed by atoms with Crippen LogP contribution in [0.5, 0.6) is 0 Å². The molecular formula is C11H13BrN2O. The molecule has 0 aromatic rings. The van der Waals surface area contributed by atoms with Gasteiger partial charge in [-0.2, -0.15) is 0 Å². The smallest absolute Gasteiger partial charge is 0.243 e. The second-order valence-corrected chi connectivity index (χ2v) is 5.14. The number of carbonyl (C=O) groups excluding carboxylic acids is 1. The zero-order valence-electron chi connectivity index (χ0n) is 8.37. The van der Waals surface area contributed by atoms with Crippen LogP contribution in [-0.2, 0) is 4.79 Å². The van der Waals surface area contributed by atoms with Gasteiger partial charge in [0, 0.05) is 11.0 Å². The van der Waals surface area contributed by atoms with Crippen LogP contribution in [0.25, 0.3) is 0 Å². The van der Waals surface area contributed by atoms with Crippen LogP contribution in [-0.4, -0.2) is 29.4 Å². The standard InChI is InChI=1S/C11H13BrN2O/c12-7-3-1-4-8-10(7)14-6-2-5-9(14)11(15)13-8/h1,3,8-9H,2,4-6H2,(H,13,15)/t8-,9+/m0/s1. The van der Waals surface area contributed by atoms with Gasteiger partial charge in [-0.25, -0.2) is 0 Å². The van der Waals surface area contributed by atoms with Crippen LogP contribution < -0.4 is 5.32 Å². The van der Waals surface area contributed by atoms with Gasteiger partial charge in [0.15, 0.2) is 0 Å². The summed E-state index contributed by atoms with van der Waals surface area (Å²) in [5.41, 5.74) is 1.28. The number of halogens is 1. The molecule has 1 N–H and O–H groups in total. The van der Waals surface area contributed by atoms with Crippen LogP contribution in [0.3, 0.4) is 0 Å². The molecule has 15 heavy (non-hydrogen) atoms. The number of hydrogen-bond donors (Lipinski definition) is 1. The fourth-order valence-corrected chi connectivity index (χ4v) is 3.42. The van der Waals surface area contributed by atoms with E-state index in [4.69, 9.17) is 0 Å². The third-order valence-corrected chi connectivity index (χ3v) is 4.06. The van der Waals surface area contributed by atoms with Gasteiger partial charge in [0.1, 0.15) is 6.04 Å². The first-order valence-corrected chi connectivity index (χ1v) is 6.20. The van der Waals surface area contributed by atoms with Gasteiger partial charge in [-0.3, -0.25) is 4.79 Å². The fourth-order valence-electron chi connectivity index (χ4n) is 2.73. The van der Waals surface area contributed by atoms with Crippen molar-refractivity contribution in [3.8, 4) is 0 Å². The van der Waals surface area contributed by atoms with Gasteiger partial charge >= 0.3 is 0 Å². The van der Waals surface area contributed by atoms with E-state index < -0.39 is 0 Å². The summed E-state index contributed by atoms with van der Waals surface area (Å²) < 4.78 is 1.13. The average Bonchev–Trinajstić information content (AvgIpc) is 2.66. The van der Waals surface area contributed by atoms with E-state index in [9.17, 15) is 4.79 Å². The number of rotatable bonds is 0. The van der Waals surface area contributed by atoms with Crippen molar-refractivity contribution in [2.45, 2.75) is 31.3 Å². The monoisotopic (exact) mass is 268 g/mol. The van der Waals surface area contributed by atoms with Gasteiger partial charge in [0.25, 0.3) is 0 Å². The number of fused-ring (bicyclic) bond motifs is 3.